The second kappa shape index (κ2) is 7.66. The maximum atomic E-state index is 12.6. The molecule has 1 aromatic heterocycles. The number of oxazole rings is 1. The molecule has 6 heteroatoms. The van der Waals surface area contributed by atoms with Crippen molar-refractivity contribution in [1.29, 1.82) is 0 Å². The quantitative estimate of drug-likeness (QED) is 0.736. The third kappa shape index (κ3) is 4.26. The van der Waals surface area contributed by atoms with Crippen LogP contribution in [0, 0.1) is 13.8 Å². The van der Waals surface area contributed by atoms with Crippen LogP contribution >= 0.6 is 0 Å². The van der Waals surface area contributed by atoms with Crippen molar-refractivity contribution in [2.75, 3.05) is 11.6 Å². The molecule has 0 radical (unpaired) electrons. The smallest absolute Gasteiger partial charge is 0.255 e. The fourth-order valence-corrected chi connectivity index (χ4v) is 3.30. The number of amides is 1. The molecule has 1 heterocycles. The Morgan fingerprint density at radius 1 is 1.19 bits per heavy atom. The normalized spacial score (nSPS) is 12.0. The van der Waals surface area contributed by atoms with Gasteiger partial charge in [0.1, 0.15) is 6.26 Å². The maximum Gasteiger partial charge on any atom is 0.255 e. The number of hydrogen-bond acceptors (Lipinski definition) is 4. The van der Waals surface area contributed by atoms with Gasteiger partial charge in [0, 0.05) is 39.6 Å². The van der Waals surface area contributed by atoms with Crippen LogP contribution in [0.2, 0.25) is 0 Å². The van der Waals surface area contributed by atoms with E-state index in [1.807, 2.05) is 38.1 Å². The minimum Gasteiger partial charge on any atom is -0.444 e. The van der Waals surface area contributed by atoms with E-state index in [2.05, 4.69) is 10.3 Å². The van der Waals surface area contributed by atoms with E-state index in [4.69, 9.17) is 4.42 Å². The van der Waals surface area contributed by atoms with Gasteiger partial charge in [-0.1, -0.05) is 18.2 Å². The lowest BCUT2D eigenvalue weighted by Gasteiger charge is -2.09. The van der Waals surface area contributed by atoms with Crippen LogP contribution in [0.4, 0.5) is 5.69 Å². The van der Waals surface area contributed by atoms with Crippen molar-refractivity contribution in [3.05, 3.63) is 71.1 Å². The number of carbonyl (C=O) groups excluding carboxylic acids is 1. The van der Waals surface area contributed by atoms with E-state index in [0.29, 0.717) is 22.9 Å². The van der Waals surface area contributed by atoms with Gasteiger partial charge in [-0.05, 0) is 49.2 Å². The highest BCUT2D eigenvalue weighted by Gasteiger charge is 2.12. The zero-order valence-corrected chi connectivity index (χ0v) is 15.7. The number of hydrogen-bond donors (Lipinski definition) is 1. The third-order valence-electron chi connectivity index (χ3n) is 3.90. The molecule has 2 aromatic carbocycles. The van der Waals surface area contributed by atoms with Gasteiger partial charge in [-0.15, -0.1) is 0 Å². The second-order valence-corrected chi connectivity index (χ2v) is 7.63. The fraction of sp³-hybridized carbons (Fsp3) is 0.200. The molecule has 0 saturated heterocycles. The standard InChI is InChI=1S/C20H20N2O3S/c1-13-7-8-17(10-18(13)20-21-14(2)11-25-20)22-19(23)16-6-4-5-15(9-16)12-26(3)24/h4-11H,12H2,1-3H3,(H,22,23)/t26-/m0/s1. The molecule has 0 aliphatic carbocycles. The van der Waals surface area contributed by atoms with Crippen molar-refractivity contribution in [2.24, 2.45) is 0 Å². The van der Waals surface area contributed by atoms with E-state index in [-0.39, 0.29) is 5.91 Å². The first-order valence-electron chi connectivity index (χ1n) is 8.16. The van der Waals surface area contributed by atoms with E-state index in [0.717, 1.165) is 22.4 Å². The first-order valence-corrected chi connectivity index (χ1v) is 9.88. The third-order valence-corrected chi connectivity index (χ3v) is 4.64. The molecule has 0 saturated carbocycles. The molecule has 0 bridgehead atoms. The Kier molecular flexibility index (Phi) is 5.32. The monoisotopic (exact) mass is 368 g/mol. The van der Waals surface area contributed by atoms with Crippen LogP contribution in [0.15, 0.2) is 53.1 Å². The van der Waals surface area contributed by atoms with Crippen LogP contribution in [0.3, 0.4) is 0 Å². The Bertz CT molecular complexity index is 979. The Balaban J connectivity index is 1.83. The second-order valence-electron chi connectivity index (χ2n) is 6.20. The maximum absolute atomic E-state index is 12.6. The summed E-state index contributed by atoms with van der Waals surface area (Å²) in [7, 11) is -0.950. The number of rotatable bonds is 5. The van der Waals surface area contributed by atoms with E-state index in [1.165, 1.54) is 0 Å². The first-order chi connectivity index (χ1) is 12.4. The largest absolute Gasteiger partial charge is 0.444 e. The van der Waals surface area contributed by atoms with Crippen molar-refractivity contribution < 1.29 is 13.4 Å². The molecule has 0 spiro atoms. The van der Waals surface area contributed by atoms with Gasteiger partial charge in [-0.2, -0.15) is 0 Å². The predicted octanol–water partition coefficient (Wildman–Crippen LogP) is 4.09. The average Bonchev–Trinajstić information content (AvgIpc) is 3.02. The Morgan fingerprint density at radius 2 is 2.00 bits per heavy atom. The molecule has 3 rings (SSSR count). The molecule has 26 heavy (non-hydrogen) atoms. The van der Waals surface area contributed by atoms with Crippen molar-refractivity contribution >= 4 is 22.4 Å². The van der Waals surface area contributed by atoms with Gasteiger partial charge in [-0.3, -0.25) is 9.00 Å². The molecular weight excluding hydrogens is 348 g/mol. The summed E-state index contributed by atoms with van der Waals surface area (Å²) in [5.41, 5.74) is 4.72. The highest BCUT2D eigenvalue weighted by Crippen LogP contribution is 2.26. The van der Waals surface area contributed by atoms with E-state index in [1.54, 1.807) is 30.7 Å². The lowest BCUT2D eigenvalue weighted by atomic mass is 10.1. The Hall–Kier alpha value is -2.73. The number of nitrogens with zero attached hydrogens (tertiary/aromatic N) is 1. The van der Waals surface area contributed by atoms with E-state index < -0.39 is 10.8 Å². The summed E-state index contributed by atoms with van der Waals surface area (Å²) < 4.78 is 16.9. The average molecular weight is 368 g/mol. The molecule has 0 fully saturated rings. The minimum absolute atomic E-state index is 0.216. The van der Waals surface area contributed by atoms with Gasteiger partial charge >= 0.3 is 0 Å². The zero-order valence-electron chi connectivity index (χ0n) is 14.9. The summed E-state index contributed by atoms with van der Waals surface area (Å²) in [6.07, 6.45) is 3.24. The van der Waals surface area contributed by atoms with E-state index in [9.17, 15) is 9.00 Å². The van der Waals surface area contributed by atoms with Gasteiger partial charge in [0.25, 0.3) is 5.91 Å². The van der Waals surface area contributed by atoms with Crippen molar-refractivity contribution in [1.82, 2.24) is 4.98 Å². The first kappa shape index (κ1) is 18.1. The zero-order chi connectivity index (χ0) is 18.7. The molecule has 1 atom stereocenters. The molecule has 3 aromatic rings. The minimum atomic E-state index is -0.950. The van der Waals surface area contributed by atoms with Crippen LogP contribution in [-0.2, 0) is 16.6 Å². The molecular formula is C20H20N2O3S. The molecule has 0 aliphatic heterocycles. The van der Waals surface area contributed by atoms with Crippen LogP contribution < -0.4 is 5.32 Å². The molecule has 0 unspecified atom stereocenters. The summed E-state index contributed by atoms with van der Waals surface area (Å²) in [6, 6.07) is 12.8. The van der Waals surface area contributed by atoms with Crippen LogP contribution in [0.25, 0.3) is 11.5 Å². The van der Waals surface area contributed by atoms with Crippen LogP contribution in [0.5, 0.6) is 0 Å². The number of carbonyl (C=O) groups is 1. The molecule has 1 amide bonds. The summed E-state index contributed by atoms with van der Waals surface area (Å²) >= 11 is 0. The molecule has 1 N–H and O–H groups in total. The number of nitrogens with one attached hydrogen (secondary N) is 1. The highest BCUT2D eigenvalue weighted by molar-refractivity contribution is 7.83. The number of aromatic nitrogens is 1. The highest BCUT2D eigenvalue weighted by atomic mass is 32.2. The fourth-order valence-electron chi connectivity index (χ4n) is 2.65. The summed E-state index contributed by atoms with van der Waals surface area (Å²) in [4.78, 5) is 16.9. The van der Waals surface area contributed by atoms with Crippen LogP contribution in [-0.4, -0.2) is 21.4 Å². The topological polar surface area (TPSA) is 72.2 Å². The summed E-state index contributed by atoms with van der Waals surface area (Å²) in [5, 5.41) is 2.90. The van der Waals surface area contributed by atoms with Crippen LogP contribution in [0.1, 0.15) is 27.2 Å². The van der Waals surface area contributed by atoms with Crippen molar-refractivity contribution in [2.45, 2.75) is 19.6 Å². The Morgan fingerprint density at radius 3 is 2.69 bits per heavy atom. The van der Waals surface area contributed by atoms with Gasteiger partial charge in [-0.25, -0.2) is 4.98 Å². The summed E-state index contributed by atoms with van der Waals surface area (Å²) in [6.45, 7) is 3.83. The molecule has 134 valence electrons. The number of anilines is 1. The van der Waals surface area contributed by atoms with Crippen molar-refractivity contribution in [3.8, 4) is 11.5 Å². The number of benzene rings is 2. The van der Waals surface area contributed by atoms with Gasteiger partial charge < -0.3 is 9.73 Å². The lowest BCUT2D eigenvalue weighted by Crippen LogP contribution is -2.12. The van der Waals surface area contributed by atoms with Gasteiger partial charge in [0.05, 0.1) is 5.69 Å². The molecule has 0 aliphatic rings. The predicted molar refractivity (Wildman–Crippen MR) is 104 cm³/mol. The number of aryl methyl sites for hydroxylation is 2. The SMILES string of the molecule is Cc1coc(-c2cc(NC(=O)c3cccc(C[S@](C)=O)c3)ccc2C)n1. The van der Waals surface area contributed by atoms with Gasteiger partial charge in [0.2, 0.25) is 5.89 Å². The summed E-state index contributed by atoms with van der Waals surface area (Å²) in [5.74, 6) is 0.745. The van der Waals surface area contributed by atoms with E-state index >= 15 is 0 Å². The molecule has 5 nitrogen and oxygen atoms in total. The Labute approximate surface area is 154 Å². The lowest BCUT2D eigenvalue weighted by molar-refractivity contribution is 0.102. The van der Waals surface area contributed by atoms with Crippen molar-refractivity contribution in [3.63, 3.8) is 0 Å². The van der Waals surface area contributed by atoms with Gasteiger partial charge in [0.15, 0.2) is 0 Å².